The largest absolute Gasteiger partial charge is 0.341 e. The van der Waals surface area contributed by atoms with Crippen molar-refractivity contribution >= 4 is 28.6 Å². The van der Waals surface area contributed by atoms with Gasteiger partial charge in [0.05, 0.1) is 22.7 Å². The molecule has 162 valence electrons. The van der Waals surface area contributed by atoms with Crippen LogP contribution in [-0.2, 0) is 11.3 Å². The van der Waals surface area contributed by atoms with Gasteiger partial charge >= 0.3 is 0 Å². The number of carbonyl (C=O) groups is 1. The average molecular weight is 444 g/mol. The van der Waals surface area contributed by atoms with Crippen LogP contribution < -0.4 is 5.56 Å². The number of benzene rings is 3. The fraction of sp³-hybridized carbons (Fsp3) is 0.192. The molecule has 0 aliphatic carbocycles. The molecule has 1 atom stereocenters. The van der Waals surface area contributed by atoms with E-state index < -0.39 is 0 Å². The van der Waals surface area contributed by atoms with Gasteiger partial charge in [0, 0.05) is 13.6 Å². The summed E-state index contributed by atoms with van der Waals surface area (Å²) in [6, 6.07) is 26.9. The highest BCUT2D eigenvalue weighted by Crippen LogP contribution is 2.25. The predicted molar refractivity (Wildman–Crippen MR) is 130 cm³/mol. The molecule has 0 aliphatic heterocycles. The van der Waals surface area contributed by atoms with E-state index in [4.69, 9.17) is 4.98 Å². The van der Waals surface area contributed by atoms with E-state index in [2.05, 4.69) is 0 Å². The Morgan fingerprint density at radius 2 is 1.59 bits per heavy atom. The van der Waals surface area contributed by atoms with E-state index in [0.29, 0.717) is 22.6 Å². The molecule has 3 aromatic carbocycles. The van der Waals surface area contributed by atoms with Crippen LogP contribution in [0.2, 0.25) is 0 Å². The van der Waals surface area contributed by atoms with E-state index in [1.807, 2.05) is 85.8 Å². The van der Waals surface area contributed by atoms with Gasteiger partial charge in [-0.25, -0.2) is 4.98 Å². The number of para-hydroxylation sites is 1. The number of hydrogen-bond acceptors (Lipinski definition) is 4. The van der Waals surface area contributed by atoms with Gasteiger partial charge in [0.2, 0.25) is 5.91 Å². The Bertz CT molecular complexity index is 1270. The van der Waals surface area contributed by atoms with Gasteiger partial charge in [-0.05, 0) is 30.2 Å². The molecule has 1 amide bonds. The molecule has 0 N–H and O–H groups in total. The lowest BCUT2D eigenvalue weighted by Crippen LogP contribution is -2.30. The van der Waals surface area contributed by atoms with Crippen LogP contribution in [-0.4, -0.2) is 33.2 Å². The second-order valence-corrected chi connectivity index (χ2v) is 8.64. The summed E-state index contributed by atoms with van der Waals surface area (Å²) >= 11 is 1.31. The smallest absolute Gasteiger partial charge is 0.262 e. The molecule has 5 nitrogen and oxygen atoms in total. The molecular formula is C26H25N3O2S. The number of thioether (sulfide) groups is 1. The minimum atomic E-state index is -0.208. The fourth-order valence-electron chi connectivity index (χ4n) is 3.63. The van der Waals surface area contributed by atoms with Gasteiger partial charge in [-0.1, -0.05) is 84.6 Å². The maximum Gasteiger partial charge on any atom is 0.262 e. The minimum Gasteiger partial charge on any atom is -0.341 e. The zero-order valence-corrected chi connectivity index (χ0v) is 19.0. The number of carbonyl (C=O) groups excluding carboxylic acids is 1. The lowest BCUT2D eigenvalue weighted by atomic mass is 10.1. The molecule has 4 rings (SSSR count). The summed E-state index contributed by atoms with van der Waals surface area (Å²) < 4.78 is 1.70. The Balaban J connectivity index is 1.62. The summed E-state index contributed by atoms with van der Waals surface area (Å²) in [7, 11) is 1.80. The van der Waals surface area contributed by atoms with Crippen molar-refractivity contribution < 1.29 is 4.79 Å². The van der Waals surface area contributed by atoms with Crippen molar-refractivity contribution in [3.63, 3.8) is 0 Å². The number of nitrogens with zero attached hydrogens (tertiary/aromatic N) is 3. The minimum absolute atomic E-state index is 0.0137. The lowest BCUT2D eigenvalue weighted by Gasteiger charge is -2.21. The highest BCUT2D eigenvalue weighted by Gasteiger charge is 2.19. The third kappa shape index (κ3) is 4.75. The third-order valence-electron chi connectivity index (χ3n) is 5.46. The first-order valence-electron chi connectivity index (χ1n) is 10.5. The standard InChI is InChI=1S/C26H25N3O2S/c1-19(21-13-7-4-8-14-21)29-25(31)22-15-9-10-16-23(22)27-26(29)32-18-24(30)28(2)17-20-11-5-3-6-12-20/h3-16,19H,17-18H2,1-2H3/t19-/m1/s1. The molecule has 0 saturated carbocycles. The van der Waals surface area contributed by atoms with Gasteiger partial charge in [0.1, 0.15) is 0 Å². The third-order valence-corrected chi connectivity index (χ3v) is 6.40. The fourth-order valence-corrected chi connectivity index (χ4v) is 4.65. The summed E-state index contributed by atoms with van der Waals surface area (Å²) in [5, 5.41) is 1.12. The molecule has 32 heavy (non-hydrogen) atoms. The summed E-state index contributed by atoms with van der Waals surface area (Å²) in [6.45, 7) is 2.53. The van der Waals surface area contributed by atoms with Crippen LogP contribution in [0.1, 0.15) is 24.1 Å². The van der Waals surface area contributed by atoms with E-state index in [-0.39, 0.29) is 23.3 Å². The van der Waals surface area contributed by atoms with Gasteiger partial charge in [0.25, 0.3) is 5.56 Å². The van der Waals surface area contributed by atoms with Crippen molar-refractivity contribution in [1.29, 1.82) is 0 Å². The lowest BCUT2D eigenvalue weighted by molar-refractivity contribution is -0.127. The van der Waals surface area contributed by atoms with Crippen LogP contribution >= 0.6 is 11.8 Å². The number of hydrogen-bond donors (Lipinski definition) is 0. The van der Waals surface area contributed by atoms with Crippen molar-refractivity contribution in [2.75, 3.05) is 12.8 Å². The van der Waals surface area contributed by atoms with Gasteiger partial charge in [0.15, 0.2) is 5.16 Å². The summed E-state index contributed by atoms with van der Waals surface area (Å²) in [5.41, 5.74) is 2.63. The molecule has 4 aromatic rings. The SMILES string of the molecule is C[C@H](c1ccccc1)n1c(SCC(=O)N(C)Cc2ccccc2)nc2ccccc2c1=O. The van der Waals surface area contributed by atoms with Crippen molar-refractivity contribution in [1.82, 2.24) is 14.5 Å². The number of fused-ring (bicyclic) bond motifs is 1. The quantitative estimate of drug-likeness (QED) is 0.305. The Kier molecular flexibility index (Phi) is 6.71. The molecule has 0 unspecified atom stereocenters. The topological polar surface area (TPSA) is 55.2 Å². The van der Waals surface area contributed by atoms with E-state index in [1.165, 1.54) is 11.8 Å². The summed E-state index contributed by atoms with van der Waals surface area (Å²) in [5.74, 6) is 0.190. The number of rotatable bonds is 7. The van der Waals surface area contributed by atoms with Gasteiger partial charge in [-0.3, -0.25) is 14.2 Å². The van der Waals surface area contributed by atoms with Gasteiger partial charge in [-0.2, -0.15) is 0 Å². The molecule has 0 radical (unpaired) electrons. The van der Waals surface area contributed by atoms with Crippen LogP contribution in [0, 0.1) is 0 Å². The van der Waals surface area contributed by atoms with Crippen molar-refractivity contribution in [3.05, 3.63) is 106 Å². The second kappa shape index (κ2) is 9.83. The Morgan fingerprint density at radius 3 is 2.31 bits per heavy atom. The zero-order valence-electron chi connectivity index (χ0n) is 18.1. The van der Waals surface area contributed by atoms with E-state index >= 15 is 0 Å². The van der Waals surface area contributed by atoms with E-state index in [9.17, 15) is 9.59 Å². The maximum atomic E-state index is 13.4. The monoisotopic (exact) mass is 443 g/mol. The highest BCUT2D eigenvalue weighted by atomic mass is 32.2. The van der Waals surface area contributed by atoms with Gasteiger partial charge < -0.3 is 4.90 Å². The molecule has 0 bridgehead atoms. The molecule has 1 heterocycles. The van der Waals surface area contributed by atoms with Crippen LogP contribution in [0.4, 0.5) is 0 Å². The van der Waals surface area contributed by atoms with E-state index in [1.54, 1.807) is 22.6 Å². The zero-order chi connectivity index (χ0) is 22.5. The first-order valence-corrected chi connectivity index (χ1v) is 11.5. The normalized spacial score (nSPS) is 11.9. The molecule has 0 fully saturated rings. The van der Waals surface area contributed by atoms with Crippen molar-refractivity contribution in [3.8, 4) is 0 Å². The van der Waals surface area contributed by atoms with Crippen LogP contribution in [0.3, 0.4) is 0 Å². The van der Waals surface area contributed by atoms with Crippen LogP contribution in [0.25, 0.3) is 10.9 Å². The van der Waals surface area contributed by atoms with Crippen molar-refractivity contribution in [2.24, 2.45) is 0 Å². The molecular weight excluding hydrogens is 418 g/mol. The first kappa shape index (κ1) is 21.8. The highest BCUT2D eigenvalue weighted by molar-refractivity contribution is 7.99. The second-order valence-electron chi connectivity index (χ2n) is 7.70. The van der Waals surface area contributed by atoms with Crippen LogP contribution in [0.15, 0.2) is 94.9 Å². The van der Waals surface area contributed by atoms with E-state index in [0.717, 1.165) is 11.1 Å². The number of amides is 1. The maximum absolute atomic E-state index is 13.4. The summed E-state index contributed by atoms with van der Waals surface area (Å²) in [4.78, 5) is 32.7. The molecule has 6 heteroatoms. The molecule has 1 aromatic heterocycles. The first-order chi connectivity index (χ1) is 15.5. The molecule has 0 aliphatic rings. The van der Waals surface area contributed by atoms with Crippen molar-refractivity contribution in [2.45, 2.75) is 24.7 Å². The summed E-state index contributed by atoms with van der Waals surface area (Å²) in [6.07, 6.45) is 0. The Labute approximate surface area is 191 Å². The Hall–Kier alpha value is -3.38. The van der Waals surface area contributed by atoms with Crippen LogP contribution in [0.5, 0.6) is 0 Å². The molecule has 0 saturated heterocycles. The Morgan fingerprint density at radius 1 is 0.969 bits per heavy atom. The average Bonchev–Trinajstić information content (AvgIpc) is 2.83. The predicted octanol–water partition coefficient (Wildman–Crippen LogP) is 4.76. The van der Waals surface area contributed by atoms with Gasteiger partial charge in [-0.15, -0.1) is 0 Å². The number of aromatic nitrogens is 2. The molecule has 0 spiro atoms.